The van der Waals surface area contributed by atoms with Gasteiger partial charge in [-0.25, -0.2) is 0 Å². The number of rotatable bonds is 5. The lowest BCUT2D eigenvalue weighted by Crippen LogP contribution is -2.15. The maximum atomic E-state index is 4.46. The minimum Gasteiger partial charge on any atom is -0.357 e. The van der Waals surface area contributed by atoms with Crippen LogP contribution in [0.1, 0.15) is 25.3 Å². The predicted molar refractivity (Wildman–Crippen MR) is 88.4 cm³/mol. The minimum atomic E-state index is 0.539. The van der Waals surface area contributed by atoms with Crippen molar-refractivity contribution in [3.63, 3.8) is 0 Å². The summed E-state index contributed by atoms with van der Waals surface area (Å²) in [4.78, 5) is 16.2. The van der Waals surface area contributed by atoms with Crippen molar-refractivity contribution in [3.8, 4) is 0 Å². The number of hydrogen-bond donors (Lipinski definition) is 1. The Bertz CT molecular complexity index is 596. The summed E-state index contributed by atoms with van der Waals surface area (Å²) < 4.78 is 0. The van der Waals surface area contributed by atoms with Crippen LogP contribution in [0.4, 0.5) is 11.9 Å². The van der Waals surface area contributed by atoms with E-state index in [0.29, 0.717) is 23.0 Å². The summed E-state index contributed by atoms with van der Waals surface area (Å²) >= 11 is 1.54. The van der Waals surface area contributed by atoms with Crippen LogP contribution in [0.5, 0.6) is 0 Å². The first-order valence-electron chi connectivity index (χ1n) is 6.88. The van der Waals surface area contributed by atoms with Crippen molar-refractivity contribution in [3.05, 3.63) is 29.8 Å². The molecule has 2 rings (SSSR count). The minimum absolute atomic E-state index is 0.539. The zero-order valence-electron chi connectivity index (χ0n) is 13.1. The maximum Gasteiger partial charge on any atom is 0.230 e. The van der Waals surface area contributed by atoms with Crippen molar-refractivity contribution in [2.45, 2.75) is 29.8 Å². The van der Waals surface area contributed by atoms with Crippen LogP contribution >= 0.6 is 11.8 Å². The number of hydrogen-bond acceptors (Lipinski definition) is 6. The van der Waals surface area contributed by atoms with Gasteiger partial charge in [0.15, 0.2) is 5.16 Å². The van der Waals surface area contributed by atoms with Crippen LogP contribution in [-0.2, 0) is 0 Å². The van der Waals surface area contributed by atoms with E-state index in [2.05, 4.69) is 58.4 Å². The van der Waals surface area contributed by atoms with E-state index in [1.165, 1.54) is 5.56 Å². The Hall–Kier alpha value is -1.82. The first-order chi connectivity index (χ1) is 9.99. The van der Waals surface area contributed by atoms with Crippen LogP contribution in [0, 0.1) is 0 Å². The van der Waals surface area contributed by atoms with Gasteiger partial charge in [0.2, 0.25) is 11.9 Å². The number of nitrogens with one attached hydrogen (secondary N) is 1. The molecule has 0 spiro atoms. The quantitative estimate of drug-likeness (QED) is 0.915. The van der Waals surface area contributed by atoms with Crippen LogP contribution in [0.3, 0.4) is 0 Å². The molecule has 0 fully saturated rings. The fourth-order valence-electron chi connectivity index (χ4n) is 1.73. The molecule has 21 heavy (non-hydrogen) atoms. The highest BCUT2D eigenvalue weighted by Gasteiger charge is 2.09. The highest BCUT2D eigenvalue weighted by molar-refractivity contribution is 7.99. The Morgan fingerprint density at radius 3 is 2.24 bits per heavy atom. The molecular formula is C15H21N5S. The van der Waals surface area contributed by atoms with Gasteiger partial charge in [-0.3, -0.25) is 0 Å². The molecule has 0 unspecified atom stereocenters. The van der Waals surface area contributed by atoms with Gasteiger partial charge in [0.05, 0.1) is 0 Å². The maximum absolute atomic E-state index is 4.46. The van der Waals surface area contributed by atoms with Gasteiger partial charge >= 0.3 is 0 Å². The molecule has 0 atom stereocenters. The van der Waals surface area contributed by atoms with E-state index >= 15 is 0 Å². The molecule has 0 bridgehead atoms. The zero-order chi connectivity index (χ0) is 15.4. The van der Waals surface area contributed by atoms with Crippen molar-refractivity contribution < 1.29 is 0 Å². The second-order valence-electron chi connectivity index (χ2n) is 5.21. The Labute approximate surface area is 130 Å². The normalized spacial score (nSPS) is 10.8. The van der Waals surface area contributed by atoms with Crippen molar-refractivity contribution in [2.75, 3.05) is 31.4 Å². The lowest BCUT2D eigenvalue weighted by atomic mass is 10.0. The molecule has 2 aromatic rings. The fraction of sp³-hybridized carbons (Fsp3) is 0.400. The average molecular weight is 303 g/mol. The van der Waals surface area contributed by atoms with Gasteiger partial charge < -0.3 is 10.2 Å². The first-order valence-corrected chi connectivity index (χ1v) is 7.70. The molecule has 5 nitrogen and oxygen atoms in total. The third-order valence-electron chi connectivity index (χ3n) is 2.98. The fourth-order valence-corrected chi connectivity index (χ4v) is 2.47. The van der Waals surface area contributed by atoms with Crippen molar-refractivity contribution in [1.82, 2.24) is 15.0 Å². The first kappa shape index (κ1) is 15.6. The second kappa shape index (κ2) is 6.76. The molecule has 0 radical (unpaired) electrons. The molecule has 1 aromatic carbocycles. The molecule has 1 N–H and O–H groups in total. The SMILES string of the molecule is CNc1nc(Sc2ccc(C(C)C)cc2)nc(N(C)C)n1. The van der Waals surface area contributed by atoms with Gasteiger partial charge in [-0.05, 0) is 35.4 Å². The zero-order valence-corrected chi connectivity index (χ0v) is 13.9. The van der Waals surface area contributed by atoms with Gasteiger partial charge in [0.1, 0.15) is 0 Å². The third-order valence-corrected chi connectivity index (χ3v) is 3.86. The van der Waals surface area contributed by atoms with Gasteiger partial charge in [0, 0.05) is 26.0 Å². The van der Waals surface area contributed by atoms with Gasteiger partial charge in [-0.2, -0.15) is 15.0 Å². The smallest absolute Gasteiger partial charge is 0.230 e. The summed E-state index contributed by atoms with van der Waals surface area (Å²) in [6.07, 6.45) is 0. The van der Waals surface area contributed by atoms with E-state index in [0.717, 1.165) is 4.90 Å². The molecule has 0 aliphatic heterocycles. The van der Waals surface area contributed by atoms with E-state index in [1.807, 2.05) is 19.0 Å². The largest absolute Gasteiger partial charge is 0.357 e. The van der Waals surface area contributed by atoms with Crippen molar-refractivity contribution >= 4 is 23.7 Å². The van der Waals surface area contributed by atoms with Gasteiger partial charge in [-0.15, -0.1) is 0 Å². The highest BCUT2D eigenvalue weighted by Crippen LogP contribution is 2.27. The van der Waals surface area contributed by atoms with E-state index in [-0.39, 0.29) is 0 Å². The Morgan fingerprint density at radius 2 is 1.71 bits per heavy atom. The molecule has 6 heteroatoms. The molecule has 0 aliphatic carbocycles. The van der Waals surface area contributed by atoms with E-state index in [1.54, 1.807) is 18.8 Å². The summed E-state index contributed by atoms with van der Waals surface area (Å²) in [7, 11) is 5.64. The van der Waals surface area contributed by atoms with Crippen LogP contribution in [0.25, 0.3) is 0 Å². The van der Waals surface area contributed by atoms with Crippen LogP contribution in [0.15, 0.2) is 34.3 Å². The average Bonchev–Trinajstić information content (AvgIpc) is 2.47. The van der Waals surface area contributed by atoms with Crippen molar-refractivity contribution in [1.29, 1.82) is 0 Å². The molecule has 0 aliphatic rings. The summed E-state index contributed by atoms with van der Waals surface area (Å²) in [5.74, 6) is 1.77. The summed E-state index contributed by atoms with van der Waals surface area (Å²) in [5.41, 5.74) is 1.33. The second-order valence-corrected chi connectivity index (χ2v) is 6.25. The van der Waals surface area contributed by atoms with Gasteiger partial charge in [0.25, 0.3) is 0 Å². The van der Waals surface area contributed by atoms with Crippen LogP contribution < -0.4 is 10.2 Å². The number of benzene rings is 1. The standard InChI is InChI=1S/C15H21N5S/c1-10(2)11-6-8-12(9-7-11)21-15-18-13(16-3)17-14(19-15)20(4)5/h6-10H,1-5H3,(H,16,17,18,19). The molecule has 112 valence electrons. The summed E-state index contributed by atoms with van der Waals surface area (Å²) in [6, 6.07) is 8.52. The molecule has 0 saturated carbocycles. The lowest BCUT2D eigenvalue weighted by molar-refractivity contribution is 0.863. The Morgan fingerprint density at radius 1 is 1.05 bits per heavy atom. The van der Waals surface area contributed by atoms with E-state index < -0.39 is 0 Å². The molecular weight excluding hydrogens is 282 g/mol. The molecule has 1 heterocycles. The third kappa shape index (κ3) is 4.07. The number of nitrogens with zero attached hydrogens (tertiary/aromatic N) is 4. The molecule has 0 saturated heterocycles. The van der Waals surface area contributed by atoms with E-state index in [9.17, 15) is 0 Å². The lowest BCUT2D eigenvalue weighted by Gasteiger charge is -2.12. The number of anilines is 2. The van der Waals surface area contributed by atoms with Crippen molar-refractivity contribution in [2.24, 2.45) is 0 Å². The molecule has 1 aromatic heterocycles. The summed E-state index contributed by atoms with van der Waals surface area (Å²) in [6.45, 7) is 4.38. The Balaban J connectivity index is 2.24. The topological polar surface area (TPSA) is 53.9 Å². The summed E-state index contributed by atoms with van der Waals surface area (Å²) in [5, 5.41) is 3.66. The number of aromatic nitrogens is 3. The van der Waals surface area contributed by atoms with Crippen LogP contribution in [0.2, 0.25) is 0 Å². The van der Waals surface area contributed by atoms with Crippen LogP contribution in [-0.4, -0.2) is 36.1 Å². The monoisotopic (exact) mass is 303 g/mol. The highest BCUT2D eigenvalue weighted by atomic mass is 32.2. The van der Waals surface area contributed by atoms with E-state index in [4.69, 9.17) is 0 Å². The Kier molecular flexibility index (Phi) is 5.01. The van der Waals surface area contributed by atoms with Gasteiger partial charge in [-0.1, -0.05) is 26.0 Å². The molecule has 0 amide bonds. The predicted octanol–water partition coefficient (Wildman–Crippen LogP) is 3.25.